The minimum atomic E-state index is -0.924. The molecule has 0 saturated heterocycles. The predicted molar refractivity (Wildman–Crippen MR) is 123 cm³/mol. The number of hydrogen-bond acceptors (Lipinski definition) is 8. The predicted octanol–water partition coefficient (Wildman–Crippen LogP) is 2.23. The van der Waals surface area contributed by atoms with Crippen LogP contribution in [0.3, 0.4) is 0 Å². The smallest absolute Gasteiger partial charge is 0.154 e. The normalized spacial score (nSPS) is 18.7. The molecule has 7 N–H and O–H groups in total. The Labute approximate surface area is 182 Å². The number of aromatic nitrogens is 2. The quantitative estimate of drug-likeness (QED) is 0.495. The molecular formula is C21H29ClN8. The van der Waals surface area contributed by atoms with E-state index >= 15 is 0 Å². The summed E-state index contributed by atoms with van der Waals surface area (Å²) < 4.78 is 0. The van der Waals surface area contributed by atoms with E-state index in [0.29, 0.717) is 34.5 Å². The van der Waals surface area contributed by atoms with E-state index in [2.05, 4.69) is 25.1 Å². The number of nitrogen functional groups attached to an aromatic ring is 1. The molecule has 2 aromatic rings. The first-order chi connectivity index (χ1) is 14.2. The number of hydrogen-bond donors (Lipinski definition) is 4. The molecule has 3 rings (SSSR count). The van der Waals surface area contributed by atoms with Gasteiger partial charge in [-0.1, -0.05) is 23.7 Å². The highest BCUT2D eigenvalue weighted by molar-refractivity contribution is 6.32. The van der Waals surface area contributed by atoms with Crippen LogP contribution in [0.25, 0.3) is 0 Å². The van der Waals surface area contributed by atoms with Crippen molar-refractivity contribution in [2.24, 2.45) is 11.5 Å². The molecule has 1 unspecified atom stereocenters. The highest BCUT2D eigenvalue weighted by Gasteiger charge is 2.33. The van der Waals surface area contributed by atoms with Crippen molar-refractivity contribution in [3.8, 4) is 0 Å². The number of nitrogens with zero attached hydrogens (tertiary/aromatic N) is 4. The molecule has 1 aliphatic rings. The molecule has 0 fully saturated rings. The van der Waals surface area contributed by atoms with Crippen LogP contribution in [-0.4, -0.2) is 54.0 Å². The summed E-state index contributed by atoms with van der Waals surface area (Å²) in [5.74, 6) is 0.898. The molecule has 160 valence electrons. The van der Waals surface area contributed by atoms with Crippen LogP contribution in [0.5, 0.6) is 0 Å². The van der Waals surface area contributed by atoms with Crippen LogP contribution >= 0.6 is 11.6 Å². The lowest BCUT2D eigenvalue weighted by molar-refractivity contribution is 0.325. The van der Waals surface area contributed by atoms with Crippen molar-refractivity contribution in [2.45, 2.75) is 12.0 Å². The second-order valence-electron chi connectivity index (χ2n) is 7.83. The minimum absolute atomic E-state index is 0.386. The van der Waals surface area contributed by atoms with Crippen LogP contribution in [0.4, 0.5) is 17.2 Å². The van der Waals surface area contributed by atoms with Gasteiger partial charge >= 0.3 is 0 Å². The topological polar surface area (TPSA) is 122 Å². The second kappa shape index (κ2) is 8.91. The van der Waals surface area contributed by atoms with E-state index in [0.717, 1.165) is 24.5 Å². The first-order valence-corrected chi connectivity index (χ1v) is 10.0. The summed E-state index contributed by atoms with van der Waals surface area (Å²) in [5, 5.41) is 3.56. The fraction of sp³-hybridized carbons (Fsp3) is 0.333. The number of allylic oxidation sites excluding steroid dienone is 1. The van der Waals surface area contributed by atoms with Gasteiger partial charge in [0.15, 0.2) is 11.6 Å². The summed E-state index contributed by atoms with van der Waals surface area (Å²) >= 11 is 6.30. The molecule has 1 aromatic heterocycles. The van der Waals surface area contributed by atoms with E-state index in [1.807, 2.05) is 51.5 Å². The molecule has 30 heavy (non-hydrogen) atoms. The van der Waals surface area contributed by atoms with Gasteiger partial charge in [-0.25, -0.2) is 9.97 Å². The monoisotopic (exact) mass is 428 g/mol. The molecule has 0 saturated carbocycles. The number of halogens is 1. The Morgan fingerprint density at radius 3 is 2.63 bits per heavy atom. The standard InChI is InChI=1S/C21H29ClN8/c1-29(2)9-10-30(3)18-7-8-21(25,12-17(18)24)20-26-13-16(22)19(28-20)27-15-6-4-5-14(23)11-15/h4-8,11,13H,9-10,12,23-25H2,1-3H3,(H,26,27,28). The zero-order chi connectivity index (χ0) is 21.9. The van der Waals surface area contributed by atoms with Gasteiger partial charge in [0, 0.05) is 43.6 Å². The lowest BCUT2D eigenvalue weighted by Gasteiger charge is -2.32. The Morgan fingerprint density at radius 1 is 1.20 bits per heavy atom. The molecule has 1 aromatic carbocycles. The van der Waals surface area contributed by atoms with Gasteiger partial charge in [-0.05, 0) is 38.4 Å². The van der Waals surface area contributed by atoms with Crippen molar-refractivity contribution < 1.29 is 0 Å². The van der Waals surface area contributed by atoms with Crippen LogP contribution in [0.1, 0.15) is 12.2 Å². The molecule has 9 heteroatoms. The molecule has 0 bridgehead atoms. The zero-order valence-electron chi connectivity index (χ0n) is 17.6. The summed E-state index contributed by atoms with van der Waals surface area (Å²) in [4.78, 5) is 13.2. The van der Waals surface area contributed by atoms with Crippen molar-refractivity contribution in [3.05, 3.63) is 64.9 Å². The van der Waals surface area contributed by atoms with E-state index in [9.17, 15) is 0 Å². The van der Waals surface area contributed by atoms with Crippen molar-refractivity contribution in [1.82, 2.24) is 19.8 Å². The minimum Gasteiger partial charge on any atom is -0.400 e. The Bertz CT molecular complexity index is 971. The first kappa shape index (κ1) is 21.9. The van der Waals surface area contributed by atoms with E-state index < -0.39 is 5.54 Å². The number of nitrogens with two attached hydrogens (primary N) is 3. The Kier molecular flexibility index (Phi) is 6.50. The average molecular weight is 429 g/mol. The van der Waals surface area contributed by atoms with E-state index in [-0.39, 0.29) is 0 Å². The van der Waals surface area contributed by atoms with Crippen molar-refractivity contribution in [3.63, 3.8) is 0 Å². The molecule has 0 spiro atoms. The van der Waals surface area contributed by atoms with Gasteiger partial charge < -0.3 is 32.3 Å². The van der Waals surface area contributed by atoms with E-state index in [1.54, 1.807) is 12.3 Å². The highest BCUT2D eigenvalue weighted by atomic mass is 35.5. The first-order valence-electron chi connectivity index (χ1n) is 9.66. The van der Waals surface area contributed by atoms with Gasteiger partial charge in [0.1, 0.15) is 10.6 Å². The molecule has 1 heterocycles. The maximum Gasteiger partial charge on any atom is 0.154 e. The number of anilines is 3. The third-order valence-corrected chi connectivity index (χ3v) is 5.23. The van der Waals surface area contributed by atoms with Crippen LogP contribution in [0.2, 0.25) is 5.02 Å². The van der Waals surface area contributed by atoms with Crippen LogP contribution in [-0.2, 0) is 5.54 Å². The Balaban J connectivity index is 1.82. The van der Waals surface area contributed by atoms with Crippen LogP contribution in [0.15, 0.2) is 54.0 Å². The van der Waals surface area contributed by atoms with Gasteiger partial charge in [-0.3, -0.25) is 0 Å². The molecule has 1 atom stereocenters. The van der Waals surface area contributed by atoms with Gasteiger partial charge in [0.25, 0.3) is 0 Å². The number of nitrogens with one attached hydrogen (secondary N) is 1. The summed E-state index contributed by atoms with van der Waals surface area (Å²) in [7, 11) is 6.10. The van der Waals surface area contributed by atoms with E-state index in [1.165, 1.54) is 0 Å². The summed E-state index contributed by atoms with van der Waals surface area (Å²) in [6.07, 6.45) is 5.79. The highest BCUT2D eigenvalue weighted by Crippen LogP contribution is 2.32. The van der Waals surface area contributed by atoms with Crippen molar-refractivity contribution in [1.29, 1.82) is 0 Å². The van der Waals surface area contributed by atoms with Gasteiger partial charge in [0.05, 0.1) is 11.9 Å². The molecule has 0 aliphatic heterocycles. The fourth-order valence-corrected chi connectivity index (χ4v) is 3.37. The van der Waals surface area contributed by atoms with Crippen LogP contribution < -0.4 is 22.5 Å². The van der Waals surface area contributed by atoms with Gasteiger partial charge in [-0.15, -0.1) is 0 Å². The lowest BCUT2D eigenvalue weighted by Crippen LogP contribution is -2.41. The number of benzene rings is 1. The van der Waals surface area contributed by atoms with Gasteiger partial charge in [-0.2, -0.15) is 0 Å². The lowest BCUT2D eigenvalue weighted by atomic mass is 9.88. The molecular weight excluding hydrogens is 400 g/mol. The largest absolute Gasteiger partial charge is 0.400 e. The summed E-state index contributed by atoms with van der Waals surface area (Å²) in [5.41, 5.74) is 21.0. The molecule has 8 nitrogen and oxygen atoms in total. The van der Waals surface area contributed by atoms with Crippen molar-refractivity contribution in [2.75, 3.05) is 45.3 Å². The second-order valence-corrected chi connectivity index (χ2v) is 8.23. The summed E-state index contributed by atoms with van der Waals surface area (Å²) in [6.45, 7) is 1.78. The fourth-order valence-electron chi connectivity index (χ4n) is 3.23. The third kappa shape index (κ3) is 5.02. The van der Waals surface area contributed by atoms with E-state index in [4.69, 9.17) is 28.8 Å². The van der Waals surface area contributed by atoms with Crippen LogP contribution in [0, 0.1) is 0 Å². The van der Waals surface area contributed by atoms with Gasteiger partial charge in [0.2, 0.25) is 0 Å². The molecule has 0 amide bonds. The third-order valence-electron chi connectivity index (χ3n) is 4.95. The number of likely N-dealkylation sites (N-methyl/N-ethyl adjacent to an activating group) is 2. The SMILES string of the molecule is CN(C)CCN(C)C1=C(N)CC(N)(c2ncc(Cl)c(Nc3cccc(N)c3)n2)C=C1. The summed E-state index contributed by atoms with van der Waals surface area (Å²) in [6, 6.07) is 7.33. The average Bonchev–Trinajstić information content (AvgIpc) is 2.68. The van der Waals surface area contributed by atoms with Crippen molar-refractivity contribution >= 4 is 28.8 Å². The maximum absolute atomic E-state index is 6.65. The Hall–Kier alpha value is -2.81. The number of rotatable bonds is 7. The Morgan fingerprint density at radius 2 is 1.97 bits per heavy atom. The molecule has 0 radical (unpaired) electrons. The molecule has 1 aliphatic carbocycles. The maximum atomic E-state index is 6.65. The zero-order valence-corrected chi connectivity index (χ0v) is 18.3.